The van der Waals surface area contributed by atoms with Gasteiger partial charge in [-0.2, -0.15) is 0 Å². The zero-order valence-electron chi connectivity index (χ0n) is 14.8. The quantitative estimate of drug-likeness (QED) is 0.778. The molecule has 2 heterocycles. The van der Waals surface area contributed by atoms with Gasteiger partial charge < -0.3 is 15.6 Å². The van der Waals surface area contributed by atoms with Crippen molar-refractivity contribution in [2.45, 2.75) is 32.9 Å². The van der Waals surface area contributed by atoms with Crippen molar-refractivity contribution < 1.29 is 4.79 Å². The number of H-pyrrole nitrogens is 1. The Morgan fingerprint density at radius 2 is 2.16 bits per heavy atom. The van der Waals surface area contributed by atoms with Gasteiger partial charge in [0.05, 0.1) is 0 Å². The van der Waals surface area contributed by atoms with Crippen molar-refractivity contribution in [3.63, 3.8) is 0 Å². The summed E-state index contributed by atoms with van der Waals surface area (Å²) in [5, 5.41) is 6.82. The molecule has 1 aliphatic heterocycles. The van der Waals surface area contributed by atoms with Crippen molar-refractivity contribution in [1.82, 2.24) is 20.5 Å². The molecule has 1 aromatic carbocycles. The summed E-state index contributed by atoms with van der Waals surface area (Å²) in [5.74, 6) is 0.428. The molecule has 6 heteroatoms. The number of urea groups is 1. The van der Waals surface area contributed by atoms with Crippen molar-refractivity contribution >= 4 is 16.9 Å². The van der Waals surface area contributed by atoms with Gasteiger partial charge in [-0.3, -0.25) is 9.69 Å². The molecule has 25 heavy (non-hydrogen) atoms. The molecule has 134 valence electrons. The fraction of sp³-hybridized carbons (Fsp3) is 0.474. The Kier molecular flexibility index (Phi) is 5.38. The van der Waals surface area contributed by atoms with E-state index in [4.69, 9.17) is 0 Å². The third kappa shape index (κ3) is 4.60. The van der Waals surface area contributed by atoms with Crippen molar-refractivity contribution in [2.24, 2.45) is 5.92 Å². The molecule has 3 N–H and O–H groups in total. The molecule has 3 rings (SSSR count). The number of aromatic nitrogens is 1. The van der Waals surface area contributed by atoms with Crippen LogP contribution in [0.2, 0.25) is 0 Å². The van der Waals surface area contributed by atoms with E-state index in [1.807, 2.05) is 44.2 Å². The number of aromatic amines is 1. The normalized spacial score (nSPS) is 18.0. The predicted molar refractivity (Wildman–Crippen MR) is 99.6 cm³/mol. The lowest BCUT2D eigenvalue weighted by atomic mass is 10.1. The molecule has 2 amide bonds. The van der Waals surface area contributed by atoms with E-state index in [0.717, 1.165) is 36.0 Å². The Morgan fingerprint density at radius 1 is 1.36 bits per heavy atom. The lowest BCUT2D eigenvalue weighted by Gasteiger charge is -2.17. The number of para-hydroxylation sites is 1. The van der Waals surface area contributed by atoms with Crippen molar-refractivity contribution in [1.29, 1.82) is 0 Å². The molecule has 0 radical (unpaired) electrons. The summed E-state index contributed by atoms with van der Waals surface area (Å²) in [7, 11) is 0. The maximum absolute atomic E-state index is 12.3. The van der Waals surface area contributed by atoms with Gasteiger partial charge in [-0.05, 0) is 50.2 Å². The van der Waals surface area contributed by atoms with Crippen LogP contribution in [0.15, 0.2) is 35.1 Å². The van der Waals surface area contributed by atoms with E-state index in [-0.39, 0.29) is 17.6 Å². The van der Waals surface area contributed by atoms with Crippen LogP contribution in [-0.4, -0.2) is 41.6 Å². The Morgan fingerprint density at radius 3 is 2.96 bits per heavy atom. The summed E-state index contributed by atoms with van der Waals surface area (Å²) in [4.78, 5) is 29.2. The number of benzene rings is 1. The minimum Gasteiger partial charge on any atom is -0.338 e. The molecule has 2 aromatic rings. The second-order valence-electron chi connectivity index (χ2n) is 7.11. The van der Waals surface area contributed by atoms with Crippen LogP contribution in [0.4, 0.5) is 4.79 Å². The highest BCUT2D eigenvalue weighted by Gasteiger charge is 2.23. The van der Waals surface area contributed by atoms with Gasteiger partial charge in [0, 0.05) is 36.8 Å². The SMILES string of the molecule is CC(C)NC(=O)NC[C@@H]1CCN(Cc2cc3ccccc3[nH]c2=O)C1. The molecular weight excluding hydrogens is 316 g/mol. The Balaban J connectivity index is 1.55. The summed E-state index contributed by atoms with van der Waals surface area (Å²) >= 11 is 0. The highest BCUT2D eigenvalue weighted by molar-refractivity contribution is 5.78. The van der Waals surface area contributed by atoms with Crippen LogP contribution >= 0.6 is 0 Å². The first-order valence-corrected chi connectivity index (χ1v) is 8.89. The van der Waals surface area contributed by atoms with Gasteiger partial charge in [0.2, 0.25) is 0 Å². The van der Waals surface area contributed by atoms with Gasteiger partial charge in [0.1, 0.15) is 0 Å². The zero-order valence-corrected chi connectivity index (χ0v) is 14.8. The van der Waals surface area contributed by atoms with E-state index in [1.165, 1.54) is 0 Å². The zero-order chi connectivity index (χ0) is 17.8. The van der Waals surface area contributed by atoms with Crippen molar-refractivity contribution in [2.75, 3.05) is 19.6 Å². The maximum Gasteiger partial charge on any atom is 0.314 e. The fourth-order valence-corrected chi connectivity index (χ4v) is 3.32. The van der Waals surface area contributed by atoms with Gasteiger partial charge in [-0.15, -0.1) is 0 Å². The molecule has 1 saturated heterocycles. The molecule has 0 unspecified atom stereocenters. The minimum atomic E-state index is -0.112. The second kappa shape index (κ2) is 7.70. The number of carbonyl (C=O) groups excluding carboxylic acids is 1. The van der Waals surface area contributed by atoms with Gasteiger partial charge in [0.15, 0.2) is 0 Å². The van der Waals surface area contributed by atoms with Crippen LogP contribution in [0, 0.1) is 5.92 Å². The van der Waals surface area contributed by atoms with Gasteiger partial charge in [-0.25, -0.2) is 4.79 Å². The Hall–Kier alpha value is -2.34. The first-order valence-electron chi connectivity index (χ1n) is 8.89. The highest BCUT2D eigenvalue weighted by Crippen LogP contribution is 2.18. The smallest absolute Gasteiger partial charge is 0.314 e. The summed E-state index contributed by atoms with van der Waals surface area (Å²) in [6.45, 7) is 7.05. The van der Waals surface area contributed by atoms with Gasteiger partial charge in [0.25, 0.3) is 5.56 Å². The molecule has 1 atom stereocenters. The van der Waals surface area contributed by atoms with Gasteiger partial charge in [-0.1, -0.05) is 18.2 Å². The molecule has 0 bridgehead atoms. The number of hydrogen-bond donors (Lipinski definition) is 3. The summed E-state index contributed by atoms with van der Waals surface area (Å²) in [5.41, 5.74) is 1.65. The van der Waals surface area contributed by atoms with Crippen LogP contribution in [0.25, 0.3) is 10.9 Å². The Labute approximate surface area is 147 Å². The first-order chi connectivity index (χ1) is 12.0. The van der Waals surface area contributed by atoms with Crippen LogP contribution in [0.1, 0.15) is 25.8 Å². The number of hydrogen-bond acceptors (Lipinski definition) is 3. The number of nitrogens with zero attached hydrogens (tertiary/aromatic N) is 1. The van der Waals surface area contributed by atoms with E-state index < -0.39 is 0 Å². The fourth-order valence-electron chi connectivity index (χ4n) is 3.32. The van der Waals surface area contributed by atoms with E-state index in [0.29, 0.717) is 19.0 Å². The number of likely N-dealkylation sites (tertiary alicyclic amines) is 1. The number of rotatable bonds is 5. The molecule has 1 fully saturated rings. The highest BCUT2D eigenvalue weighted by atomic mass is 16.2. The number of amides is 2. The summed E-state index contributed by atoms with van der Waals surface area (Å²) < 4.78 is 0. The third-order valence-corrected chi connectivity index (χ3v) is 4.57. The standard InChI is InChI=1S/C19H26N4O2/c1-13(2)21-19(25)20-10-14-7-8-23(11-14)12-16-9-15-5-3-4-6-17(15)22-18(16)24/h3-6,9,13-14H,7-8,10-12H2,1-2H3,(H,22,24)(H2,20,21,25)/t14-/m0/s1. The molecule has 6 nitrogen and oxygen atoms in total. The van der Waals surface area contributed by atoms with Crippen molar-refractivity contribution in [3.05, 3.63) is 46.2 Å². The van der Waals surface area contributed by atoms with Crippen LogP contribution < -0.4 is 16.2 Å². The first kappa shape index (κ1) is 17.5. The molecular formula is C19H26N4O2. The Bertz CT molecular complexity index is 799. The third-order valence-electron chi connectivity index (χ3n) is 4.57. The lowest BCUT2D eigenvalue weighted by molar-refractivity contribution is 0.236. The van der Waals surface area contributed by atoms with E-state index in [9.17, 15) is 9.59 Å². The molecule has 0 saturated carbocycles. The molecule has 0 spiro atoms. The van der Waals surface area contributed by atoms with Gasteiger partial charge >= 0.3 is 6.03 Å². The molecule has 0 aliphatic carbocycles. The van der Waals surface area contributed by atoms with E-state index in [1.54, 1.807) is 0 Å². The van der Waals surface area contributed by atoms with Crippen LogP contribution in [0.5, 0.6) is 0 Å². The average molecular weight is 342 g/mol. The topological polar surface area (TPSA) is 77.2 Å². The number of nitrogens with one attached hydrogen (secondary N) is 3. The number of fused-ring (bicyclic) bond motifs is 1. The number of pyridine rings is 1. The maximum atomic E-state index is 12.3. The second-order valence-corrected chi connectivity index (χ2v) is 7.11. The van der Waals surface area contributed by atoms with E-state index >= 15 is 0 Å². The minimum absolute atomic E-state index is 0.0170. The number of carbonyl (C=O) groups is 1. The lowest BCUT2D eigenvalue weighted by Crippen LogP contribution is -2.41. The van der Waals surface area contributed by atoms with Crippen LogP contribution in [0.3, 0.4) is 0 Å². The van der Waals surface area contributed by atoms with E-state index in [2.05, 4.69) is 20.5 Å². The largest absolute Gasteiger partial charge is 0.338 e. The average Bonchev–Trinajstić information content (AvgIpc) is 3.00. The van der Waals surface area contributed by atoms with Crippen LogP contribution in [-0.2, 0) is 6.54 Å². The van der Waals surface area contributed by atoms with Crippen molar-refractivity contribution in [3.8, 4) is 0 Å². The molecule has 1 aromatic heterocycles. The summed E-state index contributed by atoms with van der Waals surface area (Å²) in [6.07, 6.45) is 1.04. The monoisotopic (exact) mass is 342 g/mol. The summed E-state index contributed by atoms with van der Waals surface area (Å²) in [6, 6.07) is 9.84. The predicted octanol–water partition coefficient (Wildman–Crippen LogP) is 2.06. The molecule has 1 aliphatic rings.